The molecule has 0 spiro atoms. The summed E-state index contributed by atoms with van der Waals surface area (Å²) in [6.07, 6.45) is 1.08. The number of halogens is 4. The molecule has 4 aromatic heterocycles. The summed E-state index contributed by atoms with van der Waals surface area (Å²) in [7, 11) is -3.39. The zero-order valence-corrected chi connectivity index (χ0v) is 33.6. The molecule has 0 bridgehead atoms. The Balaban J connectivity index is 0.000000228. The fraction of sp³-hybridized carbons (Fsp3) is 0.225. The molecule has 0 radical (unpaired) electrons. The van der Waals surface area contributed by atoms with Crippen LogP contribution in [0, 0.1) is 0 Å². The predicted molar refractivity (Wildman–Crippen MR) is 217 cm³/mol. The second-order valence-corrected chi connectivity index (χ2v) is 15.7. The van der Waals surface area contributed by atoms with E-state index in [1.54, 1.807) is 97.1 Å². The summed E-state index contributed by atoms with van der Waals surface area (Å²) in [6, 6.07) is 29.7. The number of ether oxygens (including phenoxy) is 2. The number of nitrogens with zero attached hydrogens (tertiary/aromatic N) is 6. The van der Waals surface area contributed by atoms with Gasteiger partial charge in [0.1, 0.15) is 11.6 Å². The number of nitrogens with one attached hydrogen (secondary N) is 3. The number of carbonyl (C=O) groups is 1. The Labute approximate surface area is 342 Å². The van der Waals surface area contributed by atoms with E-state index in [-0.39, 0.29) is 11.8 Å². The number of carbonyl (C=O) groups excluding carboxylic acids is 1. The quantitative estimate of drug-likeness (QED) is 0.0742. The van der Waals surface area contributed by atoms with Crippen molar-refractivity contribution in [3.05, 3.63) is 126 Å². The van der Waals surface area contributed by atoms with Gasteiger partial charge in [0.15, 0.2) is 0 Å². The molecule has 0 unspecified atom stereocenters. The van der Waals surface area contributed by atoms with Crippen molar-refractivity contribution in [1.29, 1.82) is 0 Å². The first-order chi connectivity index (χ1) is 28.3. The summed E-state index contributed by atoms with van der Waals surface area (Å²) in [4.78, 5) is 19.6. The van der Waals surface area contributed by atoms with Crippen LogP contribution in [0.3, 0.4) is 0 Å². The standard InChI is InChI=1S/C20H21F2N5O3S.C20H19F2N5O2/c1-20(2,16-8-5-9-18(23-16)30-19(21)22)24-17-11-10-15(25-26-17)13-6-4-7-14(12-13)27-31(3,28)29;1-20(2,15-7-4-8-17(24-15)29-19(21)22)25-16-10-9-14(26-27-16)12-5-3-6-13(11-12)18(23)28/h4-12,19,27H,1-3H3,(H,24,26);3-11,19H,1-2H3,(H2,23,28)(H,25,27). The van der Waals surface area contributed by atoms with Gasteiger partial charge in [-0.25, -0.2) is 18.4 Å². The van der Waals surface area contributed by atoms with Crippen LogP contribution in [-0.4, -0.2) is 64.2 Å². The fourth-order valence-corrected chi connectivity index (χ4v) is 6.06. The molecule has 0 aliphatic carbocycles. The maximum Gasteiger partial charge on any atom is 0.388 e. The van der Waals surface area contributed by atoms with Crippen LogP contribution in [0.5, 0.6) is 11.8 Å². The third-order valence-electron chi connectivity index (χ3n) is 8.26. The molecule has 2 aromatic carbocycles. The monoisotopic (exact) mass is 848 g/mol. The lowest BCUT2D eigenvalue weighted by molar-refractivity contribution is -0.0537. The van der Waals surface area contributed by atoms with Crippen LogP contribution in [0.1, 0.15) is 49.4 Å². The van der Waals surface area contributed by atoms with Crippen LogP contribution in [0.4, 0.5) is 34.9 Å². The van der Waals surface area contributed by atoms with E-state index >= 15 is 0 Å². The summed E-state index contributed by atoms with van der Waals surface area (Å²) in [5.41, 5.74) is 8.11. The number of aromatic nitrogens is 6. The number of alkyl halides is 4. The molecule has 1 amide bonds. The molecule has 4 heterocycles. The number of anilines is 3. The largest absolute Gasteiger partial charge is 0.417 e. The van der Waals surface area contributed by atoms with E-state index in [4.69, 9.17) is 5.73 Å². The number of hydrogen-bond donors (Lipinski definition) is 4. The molecule has 0 saturated heterocycles. The summed E-state index contributed by atoms with van der Waals surface area (Å²) >= 11 is 0. The first-order valence-electron chi connectivity index (χ1n) is 17.8. The van der Waals surface area contributed by atoms with Crippen molar-refractivity contribution >= 4 is 33.3 Å². The third-order valence-corrected chi connectivity index (χ3v) is 8.87. The average molecular weight is 849 g/mol. The van der Waals surface area contributed by atoms with E-state index in [9.17, 15) is 30.8 Å². The Hall–Kier alpha value is -6.96. The normalized spacial score (nSPS) is 11.7. The van der Waals surface area contributed by atoms with Crippen LogP contribution < -0.4 is 30.6 Å². The average Bonchev–Trinajstić information content (AvgIpc) is 3.18. The van der Waals surface area contributed by atoms with Gasteiger partial charge in [-0.15, -0.1) is 20.4 Å². The molecular weight excluding hydrogens is 809 g/mol. The minimum atomic E-state index is -3.39. The highest BCUT2D eigenvalue weighted by atomic mass is 32.2. The van der Waals surface area contributed by atoms with Crippen LogP contribution in [0.2, 0.25) is 0 Å². The molecule has 6 rings (SSSR count). The SMILES string of the molecule is CC(C)(Nc1ccc(-c2cccc(C(N)=O)c2)nn1)c1cccc(OC(F)F)n1.CC(C)(Nc1ccc(-c2cccc(NS(C)(=O)=O)c2)nn1)c1cccc(OC(F)F)n1. The van der Waals surface area contributed by atoms with Crippen LogP contribution in [0.15, 0.2) is 109 Å². The molecule has 0 aliphatic rings. The second-order valence-electron chi connectivity index (χ2n) is 14.0. The van der Waals surface area contributed by atoms with E-state index in [0.717, 1.165) is 6.26 Å². The first kappa shape index (κ1) is 44.1. The van der Waals surface area contributed by atoms with E-state index in [0.29, 0.717) is 56.8 Å². The van der Waals surface area contributed by atoms with Crippen molar-refractivity contribution in [2.24, 2.45) is 5.73 Å². The zero-order valence-electron chi connectivity index (χ0n) is 32.8. The Morgan fingerprint density at radius 3 is 1.50 bits per heavy atom. The molecule has 0 aliphatic heterocycles. The van der Waals surface area contributed by atoms with Crippen molar-refractivity contribution in [1.82, 2.24) is 30.4 Å². The number of nitrogens with two attached hydrogens (primary N) is 1. The number of primary amides is 1. The van der Waals surface area contributed by atoms with Gasteiger partial charge < -0.3 is 25.8 Å². The summed E-state index contributed by atoms with van der Waals surface area (Å²) < 4.78 is 83.7. The summed E-state index contributed by atoms with van der Waals surface area (Å²) in [6.45, 7) is 1.39. The molecule has 15 nitrogen and oxygen atoms in total. The molecule has 0 fully saturated rings. The summed E-state index contributed by atoms with van der Waals surface area (Å²) in [5.74, 6) is 0.0489. The van der Waals surface area contributed by atoms with Gasteiger partial charge in [0.25, 0.3) is 0 Å². The van der Waals surface area contributed by atoms with Gasteiger partial charge in [0.2, 0.25) is 27.7 Å². The third kappa shape index (κ3) is 12.8. The van der Waals surface area contributed by atoms with Gasteiger partial charge in [-0.3, -0.25) is 9.52 Å². The maximum absolute atomic E-state index is 12.4. The number of benzene rings is 2. The molecule has 20 heteroatoms. The van der Waals surface area contributed by atoms with Gasteiger partial charge in [0, 0.05) is 34.5 Å². The maximum atomic E-state index is 12.4. The fourth-order valence-electron chi connectivity index (χ4n) is 5.50. The van der Waals surface area contributed by atoms with E-state index in [1.165, 1.54) is 12.1 Å². The molecule has 6 aromatic rings. The van der Waals surface area contributed by atoms with Crippen LogP contribution in [-0.2, 0) is 21.1 Å². The Morgan fingerprint density at radius 1 is 0.633 bits per heavy atom. The zero-order chi connectivity index (χ0) is 43.7. The van der Waals surface area contributed by atoms with Crippen molar-refractivity contribution in [2.45, 2.75) is 52.0 Å². The van der Waals surface area contributed by atoms with Gasteiger partial charge in [-0.05, 0) is 88.4 Å². The molecule has 314 valence electrons. The molecule has 5 N–H and O–H groups in total. The highest BCUT2D eigenvalue weighted by Crippen LogP contribution is 2.28. The molecule has 0 atom stereocenters. The summed E-state index contributed by atoms with van der Waals surface area (Å²) in [5, 5.41) is 23.0. The van der Waals surface area contributed by atoms with Crippen LogP contribution in [0.25, 0.3) is 22.5 Å². The Kier molecular flexibility index (Phi) is 13.8. The number of sulfonamides is 1. The second kappa shape index (κ2) is 18.7. The van der Waals surface area contributed by atoms with Crippen molar-refractivity contribution < 1.29 is 40.2 Å². The van der Waals surface area contributed by atoms with Gasteiger partial charge in [0.05, 0.1) is 40.1 Å². The lowest BCUT2D eigenvalue weighted by Crippen LogP contribution is -2.30. The van der Waals surface area contributed by atoms with Gasteiger partial charge in [-0.1, -0.05) is 36.4 Å². The number of hydrogen-bond acceptors (Lipinski definition) is 13. The minimum absolute atomic E-state index is 0.164. The van der Waals surface area contributed by atoms with E-state index in [2.05, 4.69) is 55.2 Å². The number of pyridine rings is 2. The van der Waals surface area contributed by atoms with Gasteiger partial charge in [-0.2, -0.15) is 17.6 Å². The highest BCUT2D eigenvalue weighted by molar-refractivity contribution is 7.92. The van der Waals surface area contributed by atoms with Crippen molar-refractivity contribution in [3.8, 4) is 34.3 Å². The number of rotatable bonds is 15. The van der Waals surface area contributed by atoms with Crippen molar-refractivity contribution in [3.63, 3.8) is 0 Å². The molecule has 60 heavy (non-hydrogen) atoms. The Morgan fingerprint density at radius 2 is 1.08 bits per heavy atom. The highest BCUT2D eigenvalue weighted by Gasteiger charge is 2.25. The van der Waals surface area contributed by atoms with Crippen molar-refractivity contribution in [2.75, 3.05) is 21.6 Å². The van der Waals surface area contributed by atoms with Gasteiger partial charge >= 0.3 is 13.2 Å². The molecular formula is C40H40F4N10O5S. The molecule has 0 saturated carbocycles. The topological polar surface area (TPSA) is 209 Å². The lowest BCUT2D eigenvalue weighted by atomic mass is 10.00. The Bertz CT molecular complexity index is 2510. The van der Waals surface area contributed by atoms with Crippen LogP contribution >= 0.6 is 0 Å². The van der Waals surface area contributed by atoms with E-state index in [1.807, 2.05) is 27.7 Å². The number of amides is 1. The predicted octanol–water partition coefficient (Wildman–Crippen LogP) is 7.44. The minimum Gasteiger partial charge on any atom is -0.417 e. The smallest absolute Gasteiger partial charge is 0.388 e. The lowest BCUT2D eigenvalue weighted by Gasteiger charge is -2.26. The first-order valence-corrected chi connectivity index (χ1v) is 19.7. The van der Waals surface area contributed by atoms with E-state index < -0.39 is 40.2 Å².